The maximum Gasteiger partial charge on any atom is 0.191 e. The van der Waals surface area contributed by atoms with Crippen LogP contribution in [0.4, 0.5) is 4.39 Å². The molecule has 1 fully saturated rings. The summed E-state index contributed by atoms with van der Waals surface area (Å²) in [7, 11) is -3.67. The van der Waals surface area contributed by atoms with Crippen LogP contribution in [0.3, 0.4) is 0 Å². The van der Waals surface area contributed by atoms with E-state index in [4.69, 9.17) is 0 Å². The monoisotopic (exact) mass is 412 g/mol. The fraction of sp³-hybridized carbons (Fsp3) is 0.650. The van der Waals surface area contributed by atoms with Gasteiger partial charge in [0, 0.05) is 19.6 Å². The molecule has 158 valence electrons. The Kier molecular flexibility index (Phi) is 9.70. The van der Waals surface area contributed by atoms with Gasteiger partial charge in [0.25, 0.3) is 0 Å². The number of benzene rings is 1. The van der Waals surface area contributed by atoms with Gasteiger partial charge in [0.05, 0.1) is 5.75 Å². The molecule has 28 heavy (non-hydrogen) atoms. The second-order valence-electron chi connectivity index (χ2n) is 7.05. The molecule has 2 rings (SSSR count). The first-order valence-electron chi connectivity index (χ1n) is 10.2. The summed E-state index contributed by atoms with van der Waals surface area (Å²) >= 11 is 0. The number of hydrogen-bond acceptors (Lipinski definition) is 4. The van der Waals surface area contributed by atoms with Gasteiger partial charge in [-0.2, -0.15) is 0 Å². The molecule has 0 amide bonds. The first-order valence-corrected chi connectivity index (χ1v) is 11.9. The molecule has 1 heterocycles. The number of nitrogens with one attached hydrogen (secondary N) is 2. The molecule has 6 nitrogen and oxygen atoms in total. The minimum Gasteiger partial charge on any atom is -0.357 e. The summed E-state index contributed by atoms with van der Waals surface area (Å²) in [4.78, 5) is 6.78. The highest BCUT2D eigenvalue weighted by Crippen LogP contribution is 2.14. The summed E-state index contributed by atoms with van der Waals surface area (Å²) in [6, 6.07) is 5.47. The second-order valence-corrected chi connectivity index (χ2v) is 9.12. The minimum absolute atomic E-state index is 0.175. The van der Waals surface area contributed by atoms with Gasteiger partial charge in [-0.05, 0) is 58.0 Å². The molecule has 2 N–H and O–H groups in total. The summed E-state index contributed by atoms with van der Waals surface area (Å²) in [5.74, 6) is -0.301. The molecule has 1 aromatic carbocycles. The zero-order chi connectivity index (χ0) is 20.2. The van der Waals surface area contributed by atoms with E-state index < -0.39 is 15.7 Å². The molecule has 1 aliphatic rings. The van der Waals surface area contributed by atoms with E-state index >= 15 is 0 Å². The van der Waals surface area contributed by atoms with E-state index in [1.165, 1.54) is 57.0 Å². The molecule has 0 bridgehead atoms. The van der Waals surface area contributed by atoms with Gasteiger partial charge in [0.2, 0.25) is 0 Å². The number of hydrogen-bond donors (Lipinski definition) is 2. The third kappa shape index (κ3) is 7.75. The highest BCUT2D eigenvalue weighted by Gasteiger charge is 2.18. The highest BCUT2D eigenvalue weighted by molar-refractivity contribution is 7.91. The number of guanidine groups is 1. The molecule has 0 unspecified atom stereocenters. The molecule has 0 atom stereocenters. The van der Waals surface area contributed by atoms with Gasteiger partial charge in [0.1, 0.15) is 10.7 Å². The molecular weight excluding hydrogens is 379 g/mol. The van der Waals surface area contributed by atoms with E-state index in [1.54, 1.807) is 0 Å². The van der Waals surface area contributed by atoms with Crippen LogP contribution in [-0.2, 0) is 9.84 Å². The van der Waals surface area contributed by atoms with Gasteiger partial charge in [-0.3, -0.25) is 4.99 Å². The fourth-order valence-corrected chi connectivity index (χ4v) is 4.54. The molecule has 1 saturated heterocycles. The van der Waals surface area contributed by atoms with E-state index in [0.717, 1.165) is 19.0 Å². The van der Waals surface area contributed by atoms with Crippen LogP contribution in [0.1, 0.15) is 39.0 Å². The lowest BCUT2D eigenvalue weighted by molar-refractivity contribution is 0.283. The van der Waals surface area contributed by atoms with Crippen molar-refractivity contribution >= 4 is 15.8 Å². The number of aliphatic imine (C=N–C) groups is 1. The van der Waals surface area contributed by atoms with Gasteiger partial charge < -0.3 is 15.5 Å². The summed E-state index contributed by atoms with van der Waals surface area (Å²) in [6.45, 7) is 6.92. The quantitative estimate of drug-likeness (QED) is 0.370. The number of rotatable bonds is 9. The minimum atomic E-state index is -3.67. The van der Waals surface area contributed by atoms with Crippen LogP contribution >= 0.6 is 0 Å². The molecule has 0 spiro atoms. The van der Waals surface area contributed by atoms with Crippen LogP contribution in [0.15, 0.2) is 34.2 Å². The standard InChI is InChI=1S/C20H33FN4O2S/c1-2-22-20(23-12-9-16-25-14-7-3-4-8-15-25)24-13-17-28(26,27)19-11-6-5-10-18(19)21/h5-6,10-11H,2-4,7-9,12-17H2,1H3,(H2,22,23,24). The molecule has 8 heteroatoms. The zero-order valence-electron chi connectivity index (χ0n) is 16.8. The van der Waals surface area contributed by atoms with Crippen molar-refractivity contribution in [2.75, 3.05) is 45.0 Å². The van der Waals surface area contributed by atoms with Crippen molar-refractivity contribution in [1.82, 2.24) is 15.5 Å². The van der Waals surface area contributed by atoms with Gasteiger partial charge in [0.15, 0.2) is 15.8 Å². The average molecular weight is 413 g/mol. The molecule has 0 saturated carbocycles. The Morgan fingerprint density at radius 3 is 2.54 bits per heavy atom. The Hall–Kier alpha value is -1.67. The third-order valence-electron chi connectivity index (χ3n) is 4.78. The lowest BCUT2D eigenvalue weighted by Gasteiger charge is -2.19. The maximum atomic E-state index is 13.7. The van der Waals surface area contributed by atoms with Crippen molar-refractivity contribution in [1.29, 1.82) is 0 Å². The Bertz CT molecular complexity index is 717. The van der Waals surface area contributed by atoms with Crippen LogP contribution in [-0.4, -0.2) is 64.3 Å². The smallest absolute Gasteiger partial charge is 0.191 e. The lowest BCUT2D eigenvalue weighted by atomic mass is 10.2. The number of sulfone groups is 1. The van der Waals surface area contributed by atoms with Crippen LogP contribution in [0.25, 0.3) is 0 Å². The Labute approximate surface area is 168 Å². The maximum absolute atomic E-state index is 13.7. The molecular formula is C20H33FN4O2S. The third-order valence-corrected chi connectivity index (χ3v) is 6.52. The molecule has 1 aliphatic heterocycles. The first-order chi connectivity index (χ1) is 13.5. The van der Waals surface area contributed by atoms with E-state index in [1.807, 2.05) is 6.92 Å². The Balaban J connectivity index is 1.78. The van der Waals surface area contributed by atoms with Gasteiger partial charge >= 0.3 is 0 Å². The van der Waals surface area contributed by atoms with Gasteiger partial charge in [-0.25, -0.2) is 12.8 Å². The van der Waals surface area contributed by atoms with Crippen molar-refractivity contribution in [3.8, 4) is 0 Å². The fourth-order valence-electron chi connectivity index (χ4n) is 3.30. The van der Waals surface area contributed by atoms with Crippen molar-refractivity contribution in [2.24, 2.45) is 4.99 Å². The summed E-state index contributed by atoms with van der Waals surface area (Å²) in [5.41, 5.74) is 0. The summed E-state index contributed by atoms with van der Waals surface area (Å²) < 4.78 is 38.4. The lowest BCUT2D eigenvalue weighted by Crippen LogP contribution is -2.39. The predicted molar refractivity (Wildman–Crippen MR) is 112 cm³/mol. The Morgan fingerprint density at radius 2 is 1.86 bits per heavy atom. The number of halogens is 1. The SMILES string of the molecule is CCNC(=NCCCN1CCCCCC1)NCCS(=O)(=O)c1ccccc1F. The zero-order valence-corrected chi connectivity index (χ0v) is 17.6. The predicted octanol–water partition coefficient (Wildman–Crippen LogP) is 2.42. The van der Waals surface area contributed by atoms with Crippen LogP contribution in [0, 0.1) is 5.82 Å². The van der Waals surface area contributed by atoms with Crippen molar-refractivity contribution in [3.63, 3.8) is 0 Å². The van der Waals surface area contributed by atoms with E-state index in [9.17, 15) is 12.8 Å². The van der Waals surface area contributed by atoms with Gasteiger partial charge in [-0.1, -0.05) is 25.0 Å². The molecule has 0 aliphatic carbocycles. The summed E-state index contributed by atoms with van der Waals surface area (Å²) in [6.07, 6.45) is 6.20. The van der Waals surface area contributed by atoms with Gasteiger partial charge in [-0.15, -0.1) is 0 Å². The van der Waals surface area contributed by atoms with Crippen molar-refractivity contribution in [3.05, 3.63) is 30.1 Å². The van der Waals surface area contributed by atoms with Crippen LogP contribution in [0.2, 0.25) is 0 Å². The number of nitrogens with zero attached hydrogens (tertiary/aromatic N) is 2. The number of likely N-dealkylation sites (tertiary alicyclic amines) is 1. The first kappa shape index (κ1) is 22.6. The largest absolute Gasteiger partial charge is 0.357 e. The second kappa shape index (κ2) is 12.0. The average Bonchev–Trinajstić information content (AvgIpc) is 2.94. The van der Waals surface area contributed by atoms with E-state index in [-0.39, 0.29) is 17.2 Å². The molecule has 0 aromatic heterocycles. The van der Waals surface area contributed by atoms with Crippen LogP contribution < -0.4 is 10.6 Å². The van der Waals surface area contributed by atoms with Crippen LogP contribution in [0.5, 0.6) is 0 Å². The van der Waals surface area contributed by atoms with E-state index in [2.05, 4.69) is 20.5 Å². The van der Waals surface area contributed by atoms with E-state index in [0.29, 0.717) is 19.0 Å². The normalized spacial score (nSPS) is 16.6. The summed E-state index contributed by atoms with van der Waals surface area (Å²) in [5, 5.41) is 6.16. The molecule has 0 radical (unpaired) electrons. The van der Waals surface area contributed by atoms with Crippen molar-refractivity contribution in [2.45, 2.75) is 43.9 Å². The Morgan fingerprint density at radius 1 is 1.14 bits per heavy atom. The van der Waals surface area contributed by atoms with Crippen molar-refractivity contribution < 1.29 is 12.8 Å². The molecule has 1 aromatic rings. The highest BCUT2D eigenvalue weighted by atomic mass is 32.2. The topological polar surface area (TPSA) is 73.8 Å².